The Morgan fingerprint density at radius 1 is 1.50 bits per heavy atom. The molecule has 5 heteroatoms. The molecule has 1 aromatic carbocycles. The van der Waals surface area contributed by atoms with Crippen molar-refractivity contribution in [1.82, 2.24) is 5.32 Å². The summed E-state index contributed by atoms with van der Waals surface area (Å²) in [5.74, 6) is 0.402. The predicted molar refractivity (Wildman–Crippen MR) is 68.7 cm³/mol. The van der Waals surface area contributed by atoms with Crippen LogP contribution in [0.3, 0.4) is 0 Å². The van der Waals surface area contributed by atoms with Crippen molar-refractivity contribution in [2.24, 2.45) is 0 Å². The molecule has 0 aliphatic heterocycles. The lowest BCUT2D eigenvalue weighted by Crippen LogP contribution is -2.38. The molecule has 0 spiro atoms. The largest absolute Gasteiger partial charge is 0.337 e. The molecule has 3 nitrogen and oxygen atoms in total. The number of nitrogens with one attached hydrogen (secondary N) is 1. The summed E-state index contributed by atoms with van der Waals surface area (Å²) in [4.78, 5) is 13.2. The van der Waals surface area contributed by atoms with E-state index in [-0.39, 0.29) is 6.03 Å². The second-order valence-electron chi connectivity index (χ2n) is 3.41. The summed E-state index contributed by atoms with van der Waals surface area (Å²) in [6, 6.07) is 5.22. The first-order chi connectivity index (χ1) is 7.56. The fourth-order valence-corrected chi connectivity index (χ4v) is 1.70. The molecule has 0 aromatic heterocycles. The van der Waals surface area contributed by atoms with Gasteiger partial charge in [0.05, 0.1) is 0 Å². The lowest BCUT2D eigenvalue weighted by Gasteiger charge is -2.19. The number of carbonyl (C=O) groups is 1. The number of alkyl halides is 1. The summed E-state index contributed by atoms with van der Waals surface area (Å²) in [5.41, 5.74) is 1.78. The van der Waals surface area contributed by atoms with Crippen LogP contribution in [0.4, 0.5) is 10.5 Å². The first-order valence-electron chi connectivity index (χ1n) is 4.90. The summed E-state index contributed by atoms with van der Waals surface area (Å²) in [6.45, 7) is 2.36. The van der Waals surface area contributed by atoms with Gasteiger partial charge in [0, 0.05) is 30.2 Å². The smallest absolute Gasteiger partial charge is 0.321 e. The van der Waals surface area contributed by atoms with Gasteiger partial charge in [-0.05, 0) is 30.7 Å². The van der Waals surface area contributed by atoms with E-state index >= 15 is 0 Å². The minimum atomic E-state index is -0.175. The summed E-state index contributed by atoms with van der Waals surface area (Å²) in [5, 5.41) is 3.36. The summed E-state index contributed by atoms with van der Waals surface area (Å²) in [7, 11) is 1.71. The van der Waals surface area contributed by atoms with Crippen LogP contribution in [0.5, 0.6) is 0 Å². The number of rotatable bonds is 3. The number of carbonyl (C=O) groups excluding carboxylic acids is 1. The molecule has 0 bridgehead atoms. The van der Waals surface area contributed by atoms with Gasteiger partial charge < -0.3 is 5.32 Å². The molecular weight excluding hydrogens is 247 g/mol. The van der Waals surface area contributed by atoms with E-state index in [0.29, 0.717) is 17.4 Å². The standard InChI is InChI=1S/C11H14Cl2N2O/c1-8-7-9(13)3-4-10(8)15(2)11(16)14-6-5-12/h3-4,7H,5-6H2,1-2H3,(H,14,16). The van der Waals surface area contributed by atoms with Gasteiger partial charge in [0.2, 0.25) is 0 Å². The topological polar surface area (TPSA) is 32.3 Å². The molecule has 0 unspecified atom stereocenters. The van der Waals surface area contributed by atoms with E-state index in [1.165, 1.54) is 4.90 Å². The molecule has 0 fully saturated rings. The van der Waals surface area contributed by atoms with Crippen molar-refractivity contribution in [2.75, 3.05) is 24.4 Å². The van der Waals surface area contributed by atoms with Crippen molar-refractivity contribution in [1.29, 1.82) is 0 Å². The van der Waals surface area contributed by atoms with Gasteiger partial charge in [-0.1, -0.05) is 11.6 Å². The quantitative estimate of drug-likeness (QED) is 0.833. The van der Waals surface area contributed by atoms with Crippen LogP contribution in [-0.2, 0) is 0 Å². The Bertz CT molecular complexity index is 382. The van der Waals surface area contributed by atoms with Gasteiger partial charge in [-0.15, -0.1) is 11.6 Å². The van der Waals surface area contributed by atoms with Crippen molar-refractivity contribution in [3.63, 3.8) is 0 Å². The lowest BCUT2D eigenvalue weighted by molar-refractivity contribution is 0.248. The van der Waals surface area contributed by atoms with Gasteiger partial charge in [0.25, 0.3) is 0 Å². The highest BCUT2D eigenvalue weighted by molar-refractivity contribution is 6.30. The van der Waals surface area contributed by atoms with Crippen molar-refractivity contribution in [3.8, 4) is 0 Å². The van der Waals surface area contributed by atoms with Crippen LogP contribution >= 0.6 is 23.2 Å². The van der Waals surface area contributed by atoms with Gasteiger partial charge in [0.1, 0.15) is 0 Å². The van der Waals surface area contributed by atoms with Gasteiger partial charge >= 0.3 is 6.03 Å². The molecule has 0 aliphatic rings. The Kier molecular flexibility index (Phi) is 4.90. The molecule has 0 radical (unpaired) electrons. The van der Waals surface area contributed by atoms with Crippen LogP contribution in [0, 0.1) is 6.92 Å². The Morgan fingerprint density at radius 3 is 2.75 bits per heavy atom. The third kappa shape index (κ3) is 3.29. The molecule has 1 N–H and O–H groups in total. The Labute approximate surface area is 105 Å². The number of aryl methyl sites for hydroxylation is 1. The molecule has 1 aromatic rings. The number of hydrogen-bond acceptors (Lipinski definition) is 1. The van der Waals surface area contributed by atoms with Crippen LogP contribution < -0.4 is 10.2 Å². The normalized spacial score (nSPS) is 10.0. The predicted octanol–water partition coefficient (Wildman–Crippen LogP) is 3.03. The van der Waals surface area contributed by atoms with Crippen molar-refractivity contribution < 1.29 is 4.79 Å². The fourth-order valence-electron chi connectivity index (χ4n) is 1.38. The zero-order chi connectivity index (χ0) is 12.1. The second-order valence-corrected chi connectivity index (χ2v) is 4.23. The second kappa shape index (κ2) is 5.97. The van der Waals surface area contributed by atoms with Crippen LogP contribution in [-0.4, -0.2) is 25.5 Å². The molecule has 0 aliphatic carbocycles. The van der Waals surface area contributed by atoms with E-state index in [4.69, 9.17) is 23.2 Å². The maximum absolute atomic E-state index is 11.7. The molecule has 0 heterocycles. The number of benzene rings is 1. The van der Waals surface area contributed by atoms with Gasteiger partial charge in [-0.3, -0.25) is 4.90 Å². The van der Waals surface area contributed by atoms with Crippen molar-refractivity contribution in [2.45, 2.75) is 6.92 Å². The molecule has 0 saturated heterocycles. The minimum absolute atomic E-state index is 0.175. The average Bonchev–Trinajstić information content (AvgIpc) is 2.25. The highest BCUT2D eigenvalue weighted by Crippen LogP contribution is 2.22. The lowest BCUT2D eigenvalue weighted by atomic mass is 10.2. The van der Waals surface area contributed by atoms with E-state index in [2.05, 4.69) is 5.32 Å². The van der Waals surface area contributed by atoms with Crippen LogP contribution in [0.1, 0.15) is 5.56 Å². The average molecular weight is 261 g/mol. The zero-order valence-electron chi connectivity index (χ0n) is 9.26. The molecule has 88 valence electrons. The van der Waals surface area contributed by atoms with Crippen LogP contribution in [0.25, 0.3) is 0 Å². The maximum atomic E-state index is 11.7. The Morgan fingerprint density at radius 2 is 2.19 bits per heavy atom. The maximum Gasteiger partial charge on any atom is 0.321 e. The van der Waals surface area contributed by atoms with Crippen LogP contribution in [0.15, 0.2) is 18.2 Å². The van der Waals surface area contributed by atoms with Crippen LogP contribution in [0.2, 0.25) is 5.02 Å². The highest BCUT2D eigenvalue weighted by atomic mass is 35.5. The third-order valence-electron chi connectivity index (χ3n) is 2.20. The first kappa shape index (κ1) is 13.1. The first-order valence-corrected chi connectivity index (χ1v) is 5.81. The van der Waals surface area contributed by atoms with E-state index in [1.54, 1.807) is 13.1 Å². The molecule has 0 saturated carbocycles. The number of halogens is 2. The molecule has 1 rings (SSSR count). The number of anilines is 1. The number of amides is 2. The summed E-state index contributed by atoms with van der Waals surface area (Å²) in [6.07, 6.45) is 0. The van der Waals surface area contributed by atoms with Crippen molar-refractivity contribution >= 4 is 34.9 Å². The van der Waals surface area contributed by atoms with E-state index in [9.17, 15) is 4.79 Å². The van der Waals surface area contributed by atoms with E-state index in [1.807, 2.05) is 19.1 Å². The van der Waals surface area contributed by atoms with E-state index < -0.39 is 0 Å². The number of nitrogens with zero attached hydrogens (tertiary/aromatic N) is 1. The van der Waals surface area contributed by atoms with Gasteiger partial charge in [-0.25, -0.2) is 4.79 Å². The third-order valence-corrected chi connectivity index (χ3v) is 2.62. The molecule has 2 amide bonds. The highest BCUT2D eigenvalue weighted by Gasteiger charge is 2.11. The SMILES string of the molecule is Cc1cc(Cl)ccc1N(C)C(=O)NCCCl. The summed E-state index contributed by atoms with van der Waals surface area (Å²) >= 11 is 11.3. The molecule has 0 atom stereocenters. The monoisotopic (exact) mass is 260 g/mol. The zero-order valence-corrected chi connectivity index (χ0v) is 10.8. The molecule has 16 heavy (non-hydrogen) atoms. The fraction of sp³-hybridized carbons (Fsp3) is 0.364. The van der Waals surface area contributed by atoms with Crippen molar-refractivity contribution in [3.05, 3.63) is 28.8 Å². The number of urea groups is 1. The van der Waals surface area contributed by atoms with Gasteiger partial charge in [-0.2, -0.15) is 0 Å². The van der Waals surface area contributed by atoms with Gasteiger partial charge in [0.15, 0.2) is 0 Å². The summed E-state index contributed by atoms with van der Waals surface area (Å²) < 4.78 is 0. The number of hydrogen-bond donors (Lipinski definition) is 1. The van der Waals surface area contributed by atoms with E-state index in [0.717, 1.165) is 11.3 Å². The Balaban J connectivity index is 2.79. The molecular formula is C11H14Cl2N2O. The minimum Gasteiger partial charge on any atom is -0.337 e. The Hall–Kier alpha value is -0.930.